The maximum Gasteiger partial charge on any atom is 0.391 e. The average molecular weight is 321 g/mol. The standard InChI is InChI=1S/C15H22F3NO3/c1-9(14(21)22)19(12-6-7-12)13(20)8-10-2-4-11(5-3-10)15(16,17)18/h9-12H,2-8H2,1H3,(H,21,22). The number of rotatable bonds is 5. The second-order valence-electron chi connectivity index (χ2n) is 6.51. The van der Waals surface area contributed by atoms with Gasteiger partial charge in [0.25, 0.3) is 0 Å². The number of nitrogens with zero attached hydrogens (tertiary/aromatic N) is 1. The predicted octanol–water partition coefficient (Wildman–Crippen LogP) is 3.21. The Bertz CT molecular complexity index is 426. The van der Waals surface area contributed by atoms with Crippen LogP contribution in [0.25, 0.3) is 0 Å². The molecule has 22 heavy (non-hydrogen) atoms. The number of halogens is 3. The number of carboxylic acid groups (broad SMARTS) is 1. The van der Waals surface area contributed by atoms with Gasteiger partial charge < -0.3 is 10.0 Å². The van der Waals surface area contributed by atoms with Crippen molar-refractivity contribution in [3.8, 4) is 0 Å². The number of aliphatic carboxylic acids is 1. The molecular formula is C15H22F3NO3. The van der Waals surface area contributed by atoms with Gasteiger partial charge in [-0.15, -0.1) is 0 Å². The first-order chi connectivity index (χ1) is 10.2. The zero-order chi connectivity index (χ0) is 16.5. The minimum absolute atomic E-state index is 0.00915. The molecular weight excluding hydrogens is 299 g/mol. The van der Waals surface area contributed by atoms with E-state index in [2.05, 4.69) is 0 Å². The largest absolute Gasteiger partial charge is 0.480 e. The minimum Gasteiger partial charge on any atom is -0.480 e. The molecule has 0 spiro atoms. The lowest BCUT2D eigenvalue weighted by atomic mass is 9.80. The SMILES string of the molecule is CC(C(=O)O)N(C(=O)CC1CCC(C(F)(F)F)CC1)C1CC1. The summed E-state index contributed by atoms with van der Waals surface area (Å²) < 4.78 is 37.9. The zero-order valence-electron chi connectivity index (χ0n) is 12.6. The molecule has 0 aromatic carbocycles. The Kier molecular flexibility index (Phi) is 5.02. The van der Waals surface area contributed by atoms with Crippen molar-refractivity contribution in [1.82, 2.24) is 4.90 Å². The van der Waals surface area contributed by atoms with Crippen molar-refractivity contribution < 1.29 is 27.9 Å². The molecule has 0 bridgehead atoms. The number of carbonyl (C=O) groups is 2. The van der Waals surface area contributed by atoms with Crippen LogP contribution in [0, 0.1) is 11.8 Å². The summed E-state index contributed by atoms with van der Waals surface area (Å²) in [5.74, 6) is -2.58. The van der Waals surface area contributed by atoms with Gasteiger partial charge in [0.2, 0.25) is 5.91 Å². The van der Waals surface area contributed by atoms with E-state index < -0.39 is 24.1 Å². The van der Waals surface area contributed by atoms with E-state index in [-0.39, 0.29) is 37.1 Å². The first kappa shape index (κ1) is 17.1. The van der Waals surface area contributed by atoms with Crippen LogP contribution in [0.2, 0.25) is 0 Å². The number of hydrogen-bond donors (Lipinski definition) is 1. The molecule has 0 heterocycles. The van der Waals surface area contributed by atoms with Crippen LogP contribution < -0.4 is 0 Å². The fourth-order valence-corrected chi connectivity index (χ4v) is 3.25. The summed E-state index contributed by atoms with van der Waals surface area (Å²) in [7, 11) is 0. The first-order valence-corrected chi connectivity index (χ1v) is 7.80. The van der Waals surface area contributed by atoms with E-state index in [1.807, 2.05) is 0 Å². The fraction of sp³-hybridized carbons (Fsp3) is 0.867. The van der Waals surface area contributed by atoms with Gasteiger partial charge in [0.15, 0.2) is 0 Å². The summed E-state index contributed by atoms with van der Waals surface area (Å²) >= 11 is 0. The molecule has 7 heteroatoms. The van der Waals surface area contributed by atoms with E-state index in [1.165, 1.54) is 11.8 Å². The van der Waals surface area contributed by atoms with E-state index in [9.17, 15) is 22.8 Å². The van der Waals surface area contributed by atoms with Crippen molar-refractivity contribution in [2.45, 2.75) is 70.1 Å². The van der Waals surface area contributed by atoms with Crippen LogP contribution in [0.3, 0.4) is 0 Å². The maximum atomic E-state index is 12.6. The third-order valence-electron chi connectivity index (χ3n) is 4.78. The van der Waals surface area contributed by atoms with Crippen molar-refractivity contribution in [2.24, 2.45) is 11.8 Å². The Morgan fingerprint density at radius 3 is 2.09 bits per heavy atom. The van der Waals surface area contributed by atoms with Crippen LogP contribution in [0.5, 0.6) is 0 Å². The summed E-state index contributed by atoms with van der Waals surface area (Å²) in [5.41, 5.74) is 0. The molecule has 126 valence electrons. The molecule has 0 radical (unpaired) electrons. The summed E-state index contributed by atoms with van der Waals surface area (Å²) in [5, 5.41) is 9.09. The molecule has 2 aliphatic rings. The van der Waals surface area contributed by atoms with E-state index in [1.54, 1.807) is 0 Å². The molecule has 1 unspecified atom stereocenters. The van der Waals surface area contributed by atoms with Gasteiger partial charge in [-0.05, 0) is 51.4 Å². The minimum atomic E-state index is -4.15. The Labute approximate surface area is 127 Å². The van der Waals surface area contributed by atoms with E-state index in [0.717, 1.165) is 12.8 Å². The van der Waals surface area contributed by atoms with Gasteiger partial charge in [0, 0.05) is 12.5 Å². The van der Waals surface area contributed by atoms with Crippen LogP contribution >= 0.6 is 0 Å². The number of carboxylic acids is 1. The first-order valence-electron chi connectivity index (χ1n) is 7.80. The van der Waals surface area contributed by atoms with E-state index in [0.29, 0.717) is 12.8 Å². The average Bonchev–Trinajstić information content (AvgIpc) is 3.22. The highest BCUT2D eigenvalue weighted by Crippen LogP contribution is 2.41. The molecule has 1 atom stereocenters. The summed E-state index contributed by atoms with van der Waals surface area (Å²) in [6.45, 7) is 1.49. The molecule has 2 fully saturated rings. The number of amides is 1. The zero-order valence-corrected chi connectivity index (χ0v) is 12.6. The molecule has 0 aromatic heterocycles. The smallest absolute Gasteiger partial charge is 0.391 e. The second kappa shape index (κ2) is 6.46. The molecule has 1 amide bonds. The monoisotopic (exact) mass is 321 g/mol. The quantitative estimate of drug-likeness (QED) is 0.846. The van der Waals surface area contributed by atoms with Gasteiger partial charge in [0.05, 0.1) is 5.92 Å². The highest BCUT2D eigenvalue weighted by atomic mass is 19.4. The van der Waals surface area contributed by atoms with E-state index >= 15 is 0 Å². The van der Waals surface area contributed by atoms with Crippen LogP contribution in [-0.2, 0) is 9.59 Å². The molecule has 2 rings (SSSR count). The molecule has 4 nitrogen and oxygen atoms in total. The topological polar surface area (TPSA) is 57.6 Å². The molecule has 2 saturated carbocycles. The van der Waals surface area contributed by atoms with Crippen molar-refractivity contribution in [3.05, 3.63) is 0 Å². The third-order valence-corrected chi connectivity index (χ3v) is 4.78. The van der Waals surface area contributed by atoms with Crippen molar-refractivity contribution in [2.75, 3.05) is 0 Å². The van der Waals surface area contributed by atoms with E-state index in [4.69, 9.17) is 5.11 Å². The van der Waals surface area contributed by atoms with Crippen LogP contribution in [0.15, 0.2) is 0 Å². The maximum absolute atomic E-state index is 12.6. The van der Waals surface area contributed by atoms with Crippen molar-refractivity contribution >= 4 is 11.9 Å². The Morgan fingerprint density at radius 2 is 1.68 bits per heavy atom. The van der Waals surface area contributed by atoms with Gasteiger partial charge in [-0.3, -0.25) is 4.79 Å². The number of alkyl halides is 3. The Balaban J connectivity index is 1.88. The highest BCUT2D eigenvalue weighted by Gasteiger charge is 2.43. The van der Waals surface area contributed by atoms with Crippen molar-refractivity contribution in [3.63, 3.8) is 0 Å². The lowest BCUT2D eigenvalue weighted by molar-refractivity contribution is -0.184. The van der Waals surface area contributed by atoms with Crippen molar-refractivity contribution in [1.29, 1.82) is 0 Å². The third kappa shape index (κ3) is 4.14. The molecule has 0 aliphatic heterocycles. The van der Waals surface area contributed by atoms with Gasteiger partial charge in [-0.25, -0.2) is 4.79 Å². The normalized spacial score (nSPS) is 27.3. The van der Waals surface area contributed by atoms with Gasteiger partial charge in [-0.1, -0.05) is 0 Å². The number of hydrogen-bond acceptors (Lipinski definition) is 2. The fourth-order valence-electron chi connectivity index (χ4n) is 3.25. The summed E-state index contributed by atoms with van der Waals surface area (Å²) in [6.07, 6.45) is -1.45. The second-order valence-corrected chi connectivity index (χ2v) is 6.51. The Hall–Kier alpha value is -1.27. The lowest BCUT2D eigenvalue weighted by Gasteiger charge is -2.32. The van der Waals surface area contributed by atoms with Gasteiger partial charge >= 0.3 is 12.1 Å². The van der Waals surface area contributed by atoms with Crippen LogP contribution in [0.4, 0.5) is 13.2 Å². The van der Waals surface area contributed by atoms with Crippen LogP contribution in [0.1, 0.15) is 51.9 Å². The molecule has 0 saturated heterocycles. The Morgan fingerprint density at radius 1 is 1.14 bits per heavy atom. The highest BCUT2D eigenvalue weighted by molar-refractivity contribution is 5.84. The molecule has 2 aliphatic carbocycles. The van der Waals surface area contributed by atoms with Gasteiger partial charge in [-0.2, -0.15) is 13.2 Å². The summed E-state index contributed by atoms with van der Waals surface area (Å²) in [6, 6.07) is -0.878. The molecule has 0 aromatic rings. The van der Waals surface area contributed by atoms with Crippen LogP contribution in [-0.4, -0.2) is 40.1 Å². The predicted molar refractivity (Wildman–Crippen MR) is 73.1 cm³/mol. The molecule has 1 N–H and O–H groups in total. The van der Waals surface area contributed by atoms with Gasteiger partial charge in [0.1, 0.15) is 6.04 Å². The number of carbonyl (C=O) groups excluding carboxylic acids is 1. The summed E-state index contributed by atoms with van der Waals surface area (Å²) in [4.78, 5) is 24.9. The lowest BCUT2D eigenvalue weighted by Crippen LogP contribution is -2.45.